The van der Waals surface area contributed by atoms with Crippen molar-refractivity contribution in [3.8, 4) is 11.1 Å². The first-order valence-corrected chi connectivity index (χ1v) is 6.50. The van der Waals surface area contributed by atoms with Crippen molar-refractivity contribution in [1.82, 2.24) is 0 Å². The highest BCUT2D eigenvalue weighted by molar-refractivity contribution is 9.10. The number of nitrogens with two attached hydrogens (primary N) is 1. The van der Waals surface area contributed by atoms with Gasteiger partial charge in [0.1, 0.15) is 0 Å². The minimum atomic E-state index is 0.627. The molecule has 0 heterocycles. The van der Waals surface area contributed by atoms with E-state index in [2.05, 4.69) is 31.9 Å². The lowest BCUT2D eigenvalue weighted by Gasteiger charge is -2.09. The number of anilines is 1. The van der Waals surface area contributed by atoms with E-state index < -0.39 is 0 Å². The predicted molar refractivity (Wildman–Crippen MR) is 77.1 cm³/mol. The Morgan fingerprint density at radius 3 is 2.24 bits per heavy atom. The zero-order valence-electron chi connectivity index (χ0n) is 8.78. The molecule has 0 aromatic heterocycles. The van der Waals surface area contributed by atoms with E-state index in [1.807, 2.05) is 30.3 Å². The minimum Gasteiger partial charge on any atom is -0.398 e. The van der Waals surface area contributed by atoms with Gasteiger partial charge < -0.3 is 5.73 Å². The second-order valence-corrected chi connectivity index (χ2v) is 5.41. The number of nitrogen functional groups attached to an aromatic ring is 1. The molecular formula is C13H9Br2NO. The zero-order valence-corrected chi connectivity index (χ0v) is 12.0. The summed E-state index contributed by atoms with van der Waals surface area (Å²) in [5, 5.41) is 0. The third-order valence-electron chi connectivity index (χ3n) is 2.45. The third kappa shape index (κ3) is 2.58. The van der Waals surface area contributed by atoms with Crippen LogP contribution in [0.4, 0.5) is 5.69 Å². The van der Waals surface area contributed by atoms with Gasteiger partial charge in [-0.2, -0.15) is 0 Å². The van der Waals surface area contributed by atoms with E-state index in [1.54, 1.807) is 6.07 Å². The standard InChI is InChI=1S/C13H9Br2NO/c14-9-2-1-8(7-17)12(5-9)11-4-3-10(15)6-13(11)16/h1-7H,16H2. The van der Waals surface area contributed by atoms with Crippen molar-refractivity contribution in [3.05, 3.63) is 50.9 Å². The Morgan fingerprint density at radius 1 is 0.941 bits per heavy atom. The number of rotatable bonds is 2. The van der Waals surface area contributed by atoms with Crippen molar-refractivity contribution in [1.29, 1.82) is 0 Å². The van der Waals surface area contributed by atoms with Crippen molar-refractivity contribution < 1.29 is 4.79 Å². The quantitative estimate of drug-likeness (QED) is 0.646. The van der Waals surface area contributed by atoms with Crippen LogP contribution >= 0.6 is 31.9 Å². The Kier molecular flexibility index (Phi) is 3.64. The summed E-state index contributed by atoms with van der Waals surface area (Å²) in [5.41, 5.74) is 8.92. The zero-order chi connectivity index (χ0) is 12.4. The Bertz CT molecular complexity index is 582. The molecule has 0 unspecified atom stereocenters. The highest BCUT2D eigenvalue weighted by Crippen LogP contribution is 2.32. The van der Waals surface area contributed by atoms with Gasteiger partial charge >= 0.3 is 0 Å². The van der Waals surface area contributed by atoms with Crippen LogP contribution in [0.2, 0.25) is 0 Å². The second kappa shape index (κ2) is 5.02. The van der Waals surface area contributed by atoms with Crippen LogP contribution in [0.15, 0.2) is 45.3 Å². The van der Waals surface area contributed by atoms with Gasteiger partial charge in [0.2, 0.25) is 0 Å². The summed E-state index contributed by atoms with van der Waals surface area (Å²) in [6, 6.07) is 11.1. The van der Waals surface area contributed by atoms with Gasteiger partial charge in [0, 0.05) is 25.8 Å². The molecule has 0 radical (unpaired) electrons. The first-order valence-electron chi connectivity index (χ1n) is 4.92. The van der Waals surface area contributed by atoms with Gasteiger partial charge in [-0.25, -0.2) is 0 Å². The van der Waals surface area contributed by atoms with Gasteiger partial charge in [-0.3, -0.25) is 4.79 Å². The molecule has 4 heteroatoms. The number of hydrogen-bond donors (Lipinski definition) is 1. The summed E-state index contributed by atoms with van der Waals surface area (Å²) in [5.74, 6) is 0. The fourth-order valence-electron chi connectivity index (χ4n) is 1.64. The monoisotopic (exact) mass is 353 g/mol. The van der Waals surface area contributed by atoms with E-state index in [0.29, 0.717) is 11.3 Å². The van der Waals surface area contributed by atoms with E-state index in [0.717, 1.165) is 26.4 Å². The molecule has 17 heavy (non-hydrogen) atoms. The number of aldehydes is 1. The smallest absolute Gasteiger partial charge is 0.150 e. The maximum absolute atomic E-state index is 11.0. The molecule has 86 valence electrons. The number of halogens is 2. The van der Waals surface area contributed by atoms with Crippen molar-refractivity contribution in [2.75, 3.05) is 5.73 Å². The number of carbonyl (C=O) groups is 1. The van der Waals surface area contributed by atoms with E-state index in [1.165, 1.54) is 0 Å². The van der Waals surface area contributed by atoms with Gasteiger partial charge in [0.25, 0.3) is 0 Å². The molecule has 0 aliphatic heterocycles. The molecule has 2 rings (SSSR count). The van der Waals surface area contributed by atoms with E-state index in [4.69, 9.17) is 5.73 Å². The van der Waals surface area contributed by atoms with Crippen molar-refractivity contribution in [2.24, 2.45) is 0 Å². The molecule has 0 aliphatic carbocycles. The number of benzene rings is 2. The number of hydrogen-bond acceptors (Lipinski definition) is 2. The maximum atomic E-state index is 11.0. The maximum Gasteiger partial charge on any atom is 0.150 e. The van der Waals surface area contributed by atoms with Crippen LogP contribution in [0, 0.1) is 0 Å². The highest BCUT2D eigenvalue weighted by Gasteiger charge is 2.08. The van der Waals surface area contributed by atoms with Crippen LogP contribution in [0.3, 0.4) is 0 Å². The Morgan fingerprint density at radius 2 is 1.59 bits per heavy atom. The summed E-state index contributed by atoms with van der Waals surface area (Å²) in [7, 11) is 0. The lowest BCUT2D eigenvalue weighted by Crippen LogP contribution is -1.93. The minimum absolute atomic E-state index is 0.627. The second-order valence-electron chi connectivity index (χ2n) is 3.58. The topological polar surface area (TPSA) is 43.1 Å². The molecule has 2 aromatic rings. The van der Waals surface area contributed by atoms with Crippen LogP contribution in [0.25, 0.3) is 11.1 Å². The average Bonchev–Trinajstić information content (AvgIpc) is 2.29. The molecule has 2 aromatic carbocycles. The molecule has 0 bridgehead atoms. The van der Waals surface area contributed by atoms with Crippen LogP contribution in [0.5, 0.6) is 0 Å². The third-order valence-corrected chi connectivity index (χ3v) is 3.43. The molecule has 2 N–H and O–H groups in total. The molecular weight excluding hydrogens is 346 g/mol. The van der Waals surface area contributed by atoms with Gasteiger partial charge in [0.15, 0.2) is 6.29 Å². The van der Waals surface area contributed by atoms with Crippen LogP contribution in [-0.2, 0) is 0 Å². The molecule has 0 amide bonds. The Labute approximate surface area is 116 Å². The lowest BCUT2D eigenvalue weighted by atomic mass is 9.99. The lowest BCUT2D eigenvalue weighted by molar-refractivity contribution is 0.112. The van der Waals surface area contributed by atoms with Crippen molar-refractivity contribution in [3.63, 3.8) is 0 Å². The summed E-state index contributed by atoms with van der Waals surface area (Å²) in [6.07, 6.45) is 0.837. The SMILES string of the molecule is Nc1cc(Br)ccc1-c1cc(Br)ccc1C=O. The van der Waals surface area contributed by atoms with Gasteiger partial charge in [-0.1, -0.05) is 37.9 Å². The average molecular weight is 355 g/mol. The molecule has 0 spiro atoms. The van der Waals surface area contributed by atoms with Gasteiger partial charge in [0.05, 0.1) is 0 Å². The van der Waals surface area contributed by atoms with Crippen LogP contribution < -0.4 is 5.73 Å². The normalized spacial score (nSPS) is 10.2. The fraction of sp³-hybridized carbons (Fsp3) is 0. The van der Waals surface area contributed by atoms with Gasteiger partial charge in [-0.15, -0.1) is 0 Å². The summed E-state index contributed by atoms with van der Waals surface area (Å²) in [4.78, 5) is 11.0. The summed E-state index contributed by atoms with van der Waals surface area (Å²) >= 11 is 6.76. The van der Waals surface area contributed by atoms with E-state index in [9.17, 15) is 4.79 Å². The largest absolute Gasteiger partial charge is 0.398 e. The van der Waals surface area contributed by atoms with Gasteiger partial charge in [-0.05, 0) is 35.9 Å². The summed E-state index contributed by atoms with van der Waals surface area (Å²) < 4.78 is 1.84. The predicted octanol–water partition coefficient (Wildman–Crippen LogP) is 4.27. The molecule has 0 fully saturated rings. The fourth-order valence-corrected chi connectivity index (χ4v) is 2.38. The molecule has 0 aliphatic rings. The molecule has 0 atom stereocenters. The molecule has 2 nitrogen and oxygen atoms in total. The van der Waals surface area contributed by atoms with E-state index in [-0.39, 0.29) is 0 Å². The van der Waals surface area contributed by atoms with Crippen LogP contribution in [-0.4, -0.2) is 6.29 Å². The summed E-state index contributed by atoms with van der Waals surface area (Å²) in [6.45, 7) is 0. The first-order chi connectivity index (χ1) is 8.11. The Balaban J connectivity index is 2.66. The van der Waals surface area contributed by atoms with Crippen LogP contribution in [0.1, 0.15) is 10.4 Å². The highest BCUT2D eigenvalue weighted by atomic mass is 79.9. The molecule has 0 saturated carbocycles. The van der Waals surface area contributed by atoms with E-state index >= 15 is 0 Å². The van der Waals surface area contributed by atoms with Crippen molar-refractivity contribution >= 4 is 43.8 Å². The first kappa shape index (κ1) is 12.3. The number of carbonyl (C=O) groups excluding carboxylic acids is 1. The molecule has 0 saturated heterocycles. The van der Waals surface area contributed by atoms with Crippen molar-refractivity contribution in [2.45, 2.75) is 0 Å². The Hall–Kier alpha value is -1.13.